The van der Waals surface area contributed by atoms with E-state index in [1.54, 1.807) is 6.07 Å². The van der Waals surface area contributed by atoms with Gasteiger partial charge in [0.15, 0.2) is 11.6 Å². The van der Waals surface area contributed by atoms with Crippen LogP contribution >= 0.6 is 0 Å². The van der Waals surface area contributed by atoms with E-state index < -0.39 is 5.82 Å². The fraction of sp³-hybridized carbons (Fsp3) is 0.250. The number of aromatic nitrogens is 3. The second-order valence-electron chi connectivity index (χ2n) is 3.70. The summed E-state index contributed by atoms with van der Waals surface area (Å²) in [5.41, 5.74) is 3.18. The van der Waals surface area contributed by atoms with Gasteiger partial charge in [0.05, 0.1) is 11.8 Å². The lowest BCUT2D eigenvalue weighted by atomic mass is 10.1. The van der Waals surface area contributed by atoms with Crippen molar-refractivity contribution in [2.45, 2.75) is 20.8 Å². The third-order valence-corrected chi connectivity index (χ3v) is 2.65. The minimum Gasteiger partial charge on any atom is -0.262 e. The summed E-state index contributed by atoms with van der Waals surface area (Å²) >= 11 is 0. The van der Waals surface area contributed by atoms with Crippen LogP contribution in [-0.4, -0.2) is 15.0 Å². The second kappa shape index (κ2) is 3.96. The van der Waals surface area contributed by atoms with Gasteiger partial charge >= 0.3 is 0 Å². The van der Waals surface area contributed by atoms with Crippen LogP contribution in [0.3, 0.4) is 0 Å². The molecule has 0 atom stereocenters. The average molecular weight is 217 g/mol. The summed E-state index contributed by atoms with van der Waals surface area (Å²) in [4.78, 5) is 12.3. The van der Waals surface area contributed by atoms with Gasteiger partial charge in [0, 0.05) is 17.6 Å². The molecule has 0 unspecified atom stereocenters. The summed E-state index contributed by atoms with van der Waals surface area (Å²) in [7, 11) is 0. The molecule has 2 rings (SSSR count). The molecule has 4 heteroatoms. The first-order valence-corrected chi connectivity index (χ1v) is 5.01. The highest BCUT2D eigenvalue weighted by molar-refractivity contribution is 5.55. The normalized spacial score (nSPS) is 10.5. The number of rotatable bonds is 1. The molecule has 0 saturated heterocycles. The molecule has 0 spiro atoms. The van der Waals surface area contributed by atoms with Crippen molar-refractivity contribution >= 4 is 0 Å². The van der Waals surface area contributed by atoms with Crippen molar-refractivity contribution in [3.8, 4) is 11.4 Å². The first-order chi connectivity index (χ1) is 7.59. The molecule has 16 heavy (non-hydrogen) atoms. The smallest absolute Gasteiger partial charge is 0.162 e. The number of nitrogens with zero attached hydrogens (tertiary/aromatic N) is 3. The summed E-state index contributed by atoms with van der Waals surface area (Å²) in [6.45, 7) is 5.75. The van der Waals surface area contributed by atoms with E-state index in [9.17, 15) is 4.39 Å². The Balaban J connectivity index is 2.62. The number of aryl methyl sites for hydroxylation is 2. The summed E-state index contributed by atoms with van der Waals surface area (Å²) in [6, 6.07) is 1.58. The Morgan fingerprint density at radius 3 is 2.25 bits per heavy atom. The first-order valence-electron chi connectivity index (χ1n) is 5.01. The summed E-state index contributed by atoms with van der Waals surface area (Å²) in [5.74, 6) is 0.0191. The van der Waals surface area contributed by atoms with E-state index in [0.29, 0.717) is 11.4 Å². The second-order valence-corrected chi connectivity index (χ2v) is 3.70. The lowest BCUT2D eigenvalue weighted by Gasteiger charge is -2.07. The van der Waals surface area contributed by atoms with Crippen molar-refractivity contribution in [1.29, 1.82) is 0 Å². The van der Waals surface area contributed by atoms with Crippen molar-refractivity contribution in [2.75, 3.05) is 0 Å². The van der Waals surface area contributed by atoms with Crippen molar-refractivity contribution < 1.29 is 4.39 Å². The van der Waals surface area contributed by atoms with Gasteiger partial charge in [-0.05, 0) is 32.4 Å². The molecule has 82 valence electrons. The molecule has 2 heterocycles. The quantitative estimate of drug-likeness (QED) is 0.737. The van der Waals surface area contributed by atoms with Gasteiger partial charge in [0.2, 0.25) is 0 Å². The van der Waals surface area contributed by atoms with Gasteiger partial charge in [0.1, 0.15) is 0 Å². The number of halogens is 1. The maximum absolute atomic E-state index is 13.5. The van der Waals surface area contributed by atoms with Crippen molar-refractivity contribution in [1.82, 2.24) is 15.0 Å². The Morgan fingerprint density at radius 2 is 1.69 bits per heavy atom. The Kier molecular flexibility index (Phi) is 2.64. The molecule has 2 aromatic rings. The fourth-order valence-electron chi connectivity index (χ4n) is 1.45. The van der Waals surface area contributed by atoms with Crippen LogP contribution in [0.1, 0.15) is 17.0 Å². The molecule has 0 bridgehead atoms. The number of hydrogen-bond acceptors (Lipinski definition) is 3. The van der Waals surface area contributed by atoms with Crippen LogP contribution in [0.2, 0.25) is 0 Å². The Hall–Kier alpha value is -1.84. The monoisotopic (exact) mass is 217 g/mol. The van der Waals surface area contributed by atoms with Crippen LogP contribution in [-0.2, 0) is 0 Å². The zero-order chi connectivity index (χ0) is 11.7. The molecular weight excluding hydrogens is 205 g/mol. The maximum atomic E-state index is 13.5. The molecular formula is C12H12FN3. The SMILES string of the molecule is Cc1nc(-c2ccncc2F)nc(C)c1C. The van der Waals surface area contributed by atoms with Gasteiger partial charge in [0.25, 0.3) is 0 Å². The van der Waals surface area contributed by atoms with Crippen LogP contribution in [0, 0.1) is 26.6 Å². The summed E-state index contributed by atoms with van der Waals surface area (Å²) < 4.78 is 13.5. The van der Waals surface area contributed by atoms with Gasteiger partial charge in [-0.2, -0.15) is 0 Å². The molecule has 0 amide bonds. The predicted octanol–water partition coefficient (Wildman–Crippen LogP) is 2.60. The van der Waals surface area contributed by atoms with Gasteiger partial charge in [-0.3, -0.25) is 4.98 Å². The molecule has 0 saturated carbocycles. The van der Waals surface area contributed by atoms with Crippen molar-refractivity contribution in [3.05, 3.63) is 41.2 Å². The molecule has 0 fully saturated rings. The van der Waals surface area contributed by atoms with E-state index in [1.807, 2.05) is 20.8 Å². The van der Waals surface area contributed by atoms with Crippen molar-refractivity contribution in [3.63, 3.8) is 0 Å². The van der Waals surface area contributed by atoms with E-state index in [4.69, 9.17) is 0 Å². The van der Waals surface area contributed by atoms with Crippen LogP contribution in [0.15, 0.2) is 18.5 Å². The summed E-state index contributed by atoms with van der Waals surface area (Å²) in [5, 5.41) is 0. The lowest BCUT2D eigenvalue weighted by molar-refractivity contribution is 0.623. The summed E-state index contributed by atoms with van der Waals surface area (Å²) in [6.07, 6.45) is 2.70. The molecule has 0 aliphatic heterocycles. The molecule has 3 nitrogen and oxygen atoms in total. The van der Waals surface area contributed by atoms with Crippen LogP contribution in [0.5, 0.6) is 0 Å². The van der Waals surface area contributed by atoms with Crippen LogP contribution in [0.4, 0.5) is 4.39 Å². The molecule has 0 aliphatic rings. The highest BCUT2D eigenvalue weighted by atomic mass is 19.1. The topological polar surface area (TPSA) is 38.7 Å². The Morgan fingerprint density at radius 1 is 1.06 bits per heavy atom. The predicted molar refractivity (Wildman–Crippen MR) is 59.4 cm³/mol. The highest BCUT2D eigenvalue weighted by Crippen LogP contribution is 2.20. The lowest BCUT2D eigenvalue weighted by Crippen LogP contribution is -2.00. The molecule has 0 radical (unpaired) electrons. The maximum Gasteiger partial charge on any atom is 0.162 e. The average Bonchev–Trinajstić information content (AvgIpc) is 2.26. The molecule has 0 aliphatic carbocycles. The number of hydrogen-bond donors (Lipinski definition) is 0. The Bertz CT molecular complexity index is 515. The van der Waals surface area contributed by atoms with Crippen molar-refractivity contribution in [2.24, 2.45) is 0 Å². The molecule has 2 aromatic heterocycles. The highest BCUT2D eigenvalue weighted by Gasteiger charge is 2.10. The van der Waals surface area contributed by atoms with Crippen LogP contribution in [0.25, 0.3) is 11.4 Å². The van der Waals surface area contributed by atoms with Gasteiger partial charge in [-0.25, -0.2) is 14.4 Å². The largest absolute Gasteiger partial charge is 0.262 e. The van der Waals surface area contributed by atoms with Gasteiger partial charge < -0.3 is 0 Å². The van der Waals surface area contributed by atoms with E-state index in [-0.39, 0.29) is 0 Å². The third-order valence-electron chi connectivity index (χ3n) is 2.65. The van der Waals surface area contributed by atoms with E-state index in [2.05, 4.69) is 15.0 Å². The first kappa shape index (κ1) is 10.7. The fourth-order valence-corrected chi connectivity index (χ4v) is 1.45. The minimum absolute atomic E-state index is 0.390. The molecule has 0 aromatic carbocycles. The van der Waals surface area contributed by atoms with E-state index >= 15 is 0 Å². The Labute approximate surface area is 93.4 Å². The van der Waals surface area contributed by atoms with E-state index in [0.717, 1.165) is 17.0 Å². The van der Waals surface area contributed by atoms with Crippen LogP contribution < -0.4 is 0 Å². The van der Waals surface area contributed by atoms with Gasteiger partial charge in [-0.15, -0.1) is 0 Å². The zero-order valence-electron chi connectivity index (χ0n) is 9.45. The third kappa shape index (κ3) is 1.78. The number of pyridine rings is 1. The molecule has 0 N–H and O–H groups in total. The zero-order valence-corrected chi connectivity index (χ0v) is 9.45. The standard InChI is InChI=1S/C12H12FN3/c1-7-8(2)15-12(16-9(7)3)10-4-5-14-6-11(10)13/h4-6H,1-3H3. The minimum atomic E-state index is -0.398. The van der Waals surface area contributed by atoms with Gasteiger partial charge in [-0.1, -0.05) is 0 Å². The van der Waals surface area contributed by atoms with E-state index in [1.165, 1.54) is 12.4 Å².